The first-order valence-electron chi connectivity index (χ1n) is 5.79. The monoisotopic (exact) mass is 231 g/mol. The molecule has 90 valence electrons. The summed E-state index contributed by atoms with van der Waals surface area (Å²) < 4.78 is 1.79. The van der Waals surface area contributed by atoms with Gasteiger partial charge in [-0.3, -0.25) is 4.79 Å². The largest absolute Gasteiger partial charge is 0.368 e. The summed E-state index contributed by atoms with van der Waals surface area (Å²) in [5.74, 6) is 0.237. The standard InChI is InChI=1S/C13H17N3O/c1-9(2)6-10-4-3-5-11-13(10)15-8-16(11)7-12(14)17/h3-5,8-9H,6-7H2,1-2H3,(H2,14,17). The Morgan fingerprint density at radius 2 is 2.24 bits per heavy atom. The summed E-state index contributed by atoms with van der Waals surface area (Å²) in [4.78, 5) is 15.3. The molecule has 0 saturated heterocycles. The lowest BCUT2D eigenvalue weighted by Gasteiger charge is -2.06. The van der Waals surface area contributed by atoms with Crippen molar-refractivity contribution >= 4 is 16.9 Å². The van der Waals surface area contributed by atoms with Crippen molar-refractivity contribution in [2.24, 2.45) is 11.7 Å². The van der Waals surface area contributed by atoms with E-state index >= 15 is 0 Å². The van der Waals surface area contributed by atoms with Crippen LogP contribution in [-0.2, 0) is 17.8 Å². The van der Waals surface area contributed by atoms with Crippen LogP contribution in [0.5, 0.6) is 0 Å². The number of amides is 1. The highest BCUT2D eigenvalue weighted by molar-refractivity contribution is 5.81. The van der Waals surface area contributed by atoms with Gasteiger partial charge in [-0.15, -0.1) is 0 Å². The van der Waals surface area contributed by atoms with Gasteiger partial charge in [-0.2, -0.15) is 0 Å². The quantitative estimate of drug-likeness (QED) is 0.871. The van der Waals surface area contributed by atoms with Crippen molar-refractivity contribution in [3.63, 3.8) is 0 Å². The molecule has 2 N–H and O–H groups in total. The fourth-order valence-corrected chi connectivity index (χ4v) is 2.05. The minimum Gasteiger partial charge on any atom is -0.368 e. The second kappa shape index (κ2) is 4.57. The molecule has 0 aliphatic heterocycles. The van der Waals surface area contributed by atoms with Gasteiger partial charge in [0.25, 0.3) is 0 Å². The van der Waals surface area contributed by atoms with E-state index in [0.29, 0.717) is 5.92 Å². The third-order valence-electron chi connectivity index (χ3n) is 2.69. The molecule has 4 heteroatoms. The molecule has 1 heterocycles. The zero-order valence-corrected chi connectivity index (χ0v) is 10.2. The lowest BCUT2D eigenvalue weighted by Crippen LogP contribution is -2.17. The van der Waals surface area contributed by atoms with E-state index in [2.05, 4.69) is 24.9 Å². The summed E-state index contributed by atoms with van der Waals surface area (Å²) in [5, 5.41) is 0. The summed E-state index contributed by atoms with van der Waals surface area (Å²) >= 11 is 0. The van der Waals surface area contributed by atoms with Crippen LogP contribution >= 0.6 is 0 Å². The molecule has 1 amide bonds. The van der Waals surface area contributed by atoms with Crippen LogP contribution in [0.4, 0.5) is 0 Å². The van der Waals surface area contributed by atoms with Crippen molar-refractivity contribution in [1.82, 2.24) is 9.55 Å². The van der Waals surface area contributed by atoms with E-state index in [1.165, 1.54) is 5.56 Å². The number of hydrogen-bond acceptors (Lipinski definition) is 2. The molecule has 17 heavy (non-hydrogen) atoms. The van der Waals surface area contributed by atoms with Crippen LogP contribution in [0.2, 0.25) is 0 Å². The number of hydrogen-bond donors (Lipinski definition) is 1. The zero-order valence-electron chi connectivity index (χ0n) is 10.2. The number of imidazole rings is 1. The topological polar surface area (TPSA) is 60.9 Å². The Labute approximate surface area is 100 Å². The number of nitrogens with zero attached hydrogens (tertiary/aromatic N) is 2. The molecule has 0 saturated carbocycles. The van der Waals surface area contributed by atoms with Gasteiger partial charge in [0.2, 0.25) is 5.91 Å². The SMILES string of the molecule is CC(C)Cc1cccc2c1ncn2CC(N)=O. The normalized spacial score (nSPS) is 11.2. The molecule has 4 nitrogen and oxygen atoms in total. The zero-order chi connectivity index (χ0) is 12.4. The number of carbonyl (C=O) groups excluding carboxylic acids is 1. The first-order valence-corrected chi connectivity index (χ1v) is 5.79. The first kappa shape index (κ1) is 11.6. The summed E-state index contributed by atoms with van der Waals surface area (Å²) in [5.41, 5.74) is 8.38. The van der Waals surface area contributed by atoms with Crippen LogP contribution in [0.15, 0.2) is 24.5 Å². The number of benzene rings is 1. The maximum atomic E-state index is 10.9. The molecule has 0 fully saturated rings. The van der Waals surface area contributed by atoms with E-state index in [9.17, 15) is 4.79 Å². The molecule has 0 aliphatic carbocycles. The van der Waals surface area contributed by atoms with E-state index < -0.39 is 0 Å². The Hall–Kier alpha value is -1.84. The Bertz CT molecular complexity index is 543. The molecule has 0 aliphatic rings. The average molecular weight is 231 g/mol. The molecule has 1 aromatic heterocycles. The van der Waals surface area contributed by atoms with Crippen LogP contribution in [0.3, 0.4) is 0 Å². The highest BCUT2D eigenvalue weighted by atomic mass is 16.1. The number of nitrogens with two attached hydrogens (primary N) is 1. The van der Waals surface area contributed by atoms with Crippen LogP contribution in [0.1, 0.15) is 19.4 Å². The second-order valence-electron chi connectivity index (χ2n) is 4.72. The molecule has 0 spiro atoms. The summed E-state index contributed by atoms with van der Waals surface area (Å²) in [6, 6.07) is 6.05. The molecule has 0 unspecified atom stereocenters. The van der Waals surface area contributed by atoms with Crippen molar-refractivity contribution in [2.75, 3.05) is 0 Å². The molecule has 0 bridgehead atoms. The average Bonchev–Trinajstić information content (AvgIpc) is 2.61. The van der Waals surface area contributed by atoms with Crippen LogP contribution in [0.25, 0.3) is 11.0 Å². The molecule has 0 radical (unpaired) electrons. The number of aromatic nitrogens is 2. The van der Waals surface area contributed by atoms with Gasteiger partial charge in [0, 0.05) is 0 Å². The van der Waals surface area contributed by atoms with Gasteiger partial charge in [0.1, 0.15) is 6.54 Å². The summed E-state index contributed by atoms with van der Waals surface area (Å²) in [7, 11) is 0. The third kappa shape index (κ3) is 2.46. The van der Waals surface area contributed by atoms with Gasteiger partial charge in [0.05, 0.1) is 17.4 Å². The highest BCUT2D eigenvalue weighted by Gasteiger charge is 2.09. The van der Waals surface area contributed by atoms with Crippen LogP contribution in [-0.4, -0.2) is 15.5 Å². The maximum absolute atomic E-state index is 10.9. The predicted octanol–water partition coefficient (Wildman–Crippen LogP) is 1.72. The van der Waals surface area contributed by atoms with Gasteiger partial charge >= 0.3 is 0 Å². The van der Waals surface area contributed by atoms with Crippen molar-refractivity contribution in [3.8, 4) is 0 Å². The minimum absolute atomic E-state index is 0.182. The molecular formula is C13H17N3O. The van der Waals surface area contributed by atoms with Crippen molar-refractivity contribution in [1.29, 1.82) is 0 Å². The summed E-state index contributed by atoms with van der Waals surface area (Å²) in [6.07, 6.45) is 2.67. The Balaban J connectivity index is 2.45. The van der Waals surface area contributed by atoms with Crippen molar-refractivity contribution in [2.45, 2.75) is 26.8 Å². The highest BCUT2D eigenvalue weighted by Crippen LogP contribution is 2.20. The lowest BCUT2D eigenvalue weighted by molar-refractivity contribution is -0.118. The molecule has 0 atom stereocenters. The van der Waals surface area contributed by atoms with E-state index in [1.54, 1.807) is 10.9 Å². The van der Waals surface area contributed by atoms with Crippen LogP contribution < -0.4 is 5.73 Å². The number of fused-ring (bicyclic) bond motifs is 1. The van der Waals surface area contributed by atoms with E-state index in [4.69, 9.17) is 5.73 Å². The van der Waals surface area contributed by atoms with Gasteiger partial charge in [-0.05, 0) is 24.0 Å². The second-order valence-corrected chi connectivity index (χ2v) is 4.72. The number of rotatable bonds is 4. The van der Waals surface area contributed by atoms with Gasteiger partial charge in [-0.1, -0.05) is 26.0 Å². The van der Waals surface area contributed by atoms with Crippen LogP contribution in [0, 0.1) is 5.92 Å². The van der Waals surface area contributed by atoms with E-state index in [1.807, 2.05) is 12.1 Å². The number of primary amides is 1. The van der Waals surface area contributed by atoms with Gasteiger partial charge in [0.15, 0.2) is 0 Å². The smallest absolute Gasteiger partial charge is 0.237 e. The molecular weight excluding hydrogens is 214 g/mol. The van der Waals surface area contributed by atoms with Crippen molar-refractivity contribution < 1.29 is 4.79 Å². The minimum atomic E-state index is -0.349. The third-order valence-corrected chi connectivity index (χ3v) is 2.69. The number of carbonyl (C=O) groups is 1. The molecule has 2 rings (SSSR count). The van der Waals surface area contributed by atoms with Gasteiger partial charge < -0.3 is 10.3 Å². The fourth-order valence-electron chi connectivity index (χ4n) is 2.05. The van der Waals surface area contributed by atoms with E-state index in [0.717, 1.165) is 17.5 Å². The fraction of sp³-hybridized carbons (Fsp3) is 0.385. The van der Waals surface area contributed by atoms with Gasteiger partial charge in [-0.25, -0.2) is 4.98 Å². The van der Waals surface area contributed by atoms with E-state index in [-0.39, 0.29) is 12.5 Å². The molecule has 2 aromatic rings. The maximum Gasteiger partial charge on any atom is 0.237 e. The Morgan fingerprint density at radius 1 is 1.47 bits per heavy atom. The number of para-hydroxylation sites is 1. The summed E-state index contributed by atoms with van der Waals surface area (Å²) in [6.45, 7) is 4.54. The molecule has 1 aromatic carbocycles. The predicted molar refractivity (Wildman–Crippen MR) is 67.5 cm³/mol. The Kier molecular flexibility index (Phi) is 3.13. The van der Waals surface area contributed by atoms with Crippen molar-refractivity contribution in [3.05, 3.63) is 30.1 Å². The lowest BCUT2D eigenvalue weighted by atomic mass is 10.0. The first-order chi connectivity index (χ1) is 8.08. The Morgan fingerprint density at radius 3 is 2.88 bits per heavy atom.